The van der Waals surface area contributed by atoms with E-state index < -0.39 is 11.4 Å². The highest BCUT2D eigenvalue weighted by molar-refractivity contribution is 5.92. The van der Waals surface area contributed by atoms with Crippen molar-refractivity contribution in [2.75, 3.05) is 0 Å². The SMILES string of the molecule is O=C(O)c1cn(-c2ccccn2)c2ncccc2c1=O. The Morgan fingerprint density at radius 2 is 1.90 bits per heavy atom. The van der Waals surface area contributed by atoms with E-state index in [1.807, 2.05) is 0 Å². The molecule has 0 aromatic carbocycles. The summed E-state index contributed by atoms with van der Waals surface area (Å²) in [4.78, 5) is 31.6. The molecule has 0 amide bonds. The van der Waals surface area contributed by atoms with Crippen LogP contribution in [0.15, 0.2) is 53.7 Å². The number of rotatable bonds is 2. The van der Waals surface area contributed by atoms with Crippen LogP contribution in [0.25, 0.3) is 16.9 Å². The van der Waals surface area contributed by atoms with E-state index >= 15 is 0 Å². The maximum absolute atomic E-state index is 12.1. The third-order valence-corrected chi connectivity index (χ3v) is 2.89. The first-order valence-electron chi connectivity index (χ1n) is 5.83. The molecule has 0 fully saturated rings. The Labute approximate surface area is 113 Å². The summed E-state index contributed by atoms with van der Waals surface area (Å²) >= 11 is 0. The van der Waals surface area contributed by atoms with Crippen LogP contribution in [0.3, 0.4) is 0 Å². The summed E-state index contributed by atoms with van der Waals surface area (Å²) in [5, 5.41) is 9.39. The first kappa shape index (κ1) is 12.0. The lowest BCUT2D eigenvalue weighted by Gasteiger charge is -2.09. The number of aromatic carboxylic acids is 1. The molecular formula is C14H9N3O3. The number of carboxylic acid groups (broad SMARTS) is 1. The molecule has 1 N–H and O–H groups in total. The first-order chi connectivity index (χ1) is 9.68. The van der Waals surface area contributed by atoms with E-state index in [1.165, 1.54) is 10.8 Å². The number of aromatic nitrogens is 3. The van der Waals surface area contributed by atoms with Crippen LogP contribution in [0.5, 0.6) is 0 Å². The maximum Gasteiger partial charge on any atom is 0.341 e. The Morgan fingerprint density at radius 1 is 1.10 bits per heavy atom. The van der Waals surface area contributed by atoms with Crippen LogP contribution in [-0.4, -0.2) is 25.6 Å². The molecule has 98 valence electrons. The number of nitrogens with zero attached hydrogens (tertiary/aromatic N) is 3. The predicted octanol–water partition coefficient (Wildman–Crippen LogP) is 1.48. The summed E-state index contributed by atoms with van der Waals surface area (Å²) in [5.41, 5.74) is -0.481. The number of carbonyl (C=O) groups is 1. The van der Waals surface area contributed by atoms with Gasteiger partial charge < -0.3 is 5.11 Å². The average Bonchev–Trinajstić information content (AvgIpc) is 2.48. The van der Waals surface area contributed by atoms with Crippen LogP contribution in [0.4, 0.5) is 0 Å². The van der Waals surface area contributed by atoms with Gasteiger partial charge in [0.25, 0.3) is 0 Å². The molecule has 0 atom stereocenters. The number of hydrogen-bond acceptors (Lipinski definition) is 4. The smallest absolute Gasteiger partial charge is 0.341 e. The largest absolute Gasteiger partial charge is 0.477 e. The topological polar surface area (TPSA) is 85.1 Å². The second-order valence-corrected chi connectivity index (χ2v) is 4.11. The van der Waals surface area contributed by atoms with Crippen molar-refractivity contribution in [1.82, 2.24) is 14.5 Å². The predicted molar refractivity (Wildman–Crippen MR) is 72.1 cm³/mol. The van der Waals surface area contributed by atoms with Gasteiger partial charge in [-0.05, 0) is 24.3 Å². The molecule has 0 unspecified atom stereocenters. The normalized spacial score (nSPS) is 10.6. The van der Waals surface area contributed by atoms with Gasteiger partial charge in [-0.2, -0.15) is 0 Å². The van der Waals surface area contributed by atoms with E-state index in [0.717, 1.165) is 0 Å². The minimum atomic E-state index is -1.27. The summed E-state index contributed by atoms with van der Waals surface area (Å²) in [6, 6.07) is 8.38. The van der Waals surface area contributed by atoms with E-state index in [2.05, 4.69) is 9.97 Å². The van der Waals surface area contributed by atoms with Crippen molar-refractivity contribution in [2.45, 2.75) is 0 Å². The van der Waals surface area contributed by atoms with Gasteiger partial charge in [0, 0.05) is 18.6 Å². The van der Waals surface area contributed by atoms with E-state index in [9.17, 15) is 9.59 Å². The second kappa shape index (κ2) is 4.58. The van der Waals surface area contributed by atoms with Crippen LogP contribution >= 0.6 is 0 Å². The summed E-state index contributed by atoms with van der Waals surface area (Å²) in [5.74, 6) is -0.774. The molecule has 0 saturated carbocycles. The lowest BCUT2D eigenvalue weighted by molar-refractivity contribution is 0.0695. The number of hydrogen-bond donors (Lipinski definition) is 1. The van der Waals surface area contributed by atoms with Crippen molar-refractivity contribution >= 4 is 17.0 Å². The van der Waals surface area contributed by atoms with Crippen molar-refractivity contribution < 1.29 is 9.90 Å². The van der Waals surface area contributed by atoms with Gasteiger partial charge in [0.1, 0.15) is 17.0 Å². The average molecular weight is 267 g/mol. The zero-order chi connectivity index (χ0) is 14.1. The maximum atomic E-state index is 12.1. The molecule has 0 aliphatic carbocycles. The van der Waals surface area contributed by atoms with Gasteiger partial charge in [0.2, 0.25) is 5.43 Å². The molecule has 0 aliphatic rings. The van der Waals surface area contributed by atoms with Gasteiger partial charge in [-0.25, -0.2) is 14.8 Å². The van der Waals surface area contributed by atoms with Gasteiger partial charge in [-0.15, -0.1) is 0 Å². The molecule has 3 heterocycles. The molecule has 20 heavy (non-hydrogen) atoms. The highest BCUT2D eigenvalue weighted by atomic mass is 16.4. The van der Waals surface area contributed by atoms with Gasteiger partial charge >= 0.3 is 5.97 Å². The lowest BCUT2D eigenvalue weighted by atomic mass is 10.2. The number of pyridine rings is 3. The summed E-state index contributed by atoms with van der Waals surface area (Å²) < 4.78 is 1.50. The van der Waals surface area contributed by atoms with Crippen LogP contribution in [0.2, 0.25) is 0 Å². The van der Waals surface area contributed by atoms with Gasteiger partial charge in [-0.1, -0.05) is 6.07 Å². The molecule has 6 heteroatoms. The molecule has 6 nitrogen and oxygen atoms in total. The molecule has 0 aliphatic heterocycles. The zero-order valence-corrected chi connectivity index (χ0v) is 10.2. The summed E-state index contributed by atoms with van der Waals surface area (Å²) in [7, 11) is 0. The molecular weight excluding hydrogens is 258 g/mol. The van der Waals surface area contributed by atoms with E-state index in [1.54, 1.807) is 42.7 Å². The Morgan fingerprint density at radius 3 is 2.60 bits per heavy atom. The van der Waals surface area contributed by atoms with Crippen molar-refractivity contribution in [3.63, 3.8) is 0 Å². The van der Waals surface area contributed by atoms with Crippen LogP contribution in [-0.2, 0) is 0 Å². The zero-order valence-electron chi connectivity index (χ0n) is 10.2. The molecule has 0 saturated heterocycles. The first-order valence-corrected chi connectivity index (χ1v) is 5.83. The summed E-state index contributed by atoms with van der Waals surface area (Å²) in [6.07, 6.45) is 4.38. The molecule has 0 bridgehead atoms. The third-order valence-electron chi connectivity index (χ3n) is 2.89. The Balaban J connectivity index is 2.46. The quantitative estimate of drug-likeness (QED) is 0.760. The fourth-order valence-electron chi connectivity index (χ4n) is 1.98. The summed E-state index contributed by atoms with van der Waals surface area (Å²) in [6.45, 7) is 0. The second-order valence-electron chi connectivity index (χ2n) is 4.11. The van der Waals surface area contributed by atoms with E-state index in [4.69, 9.17) is 5.11 Å². The Kier molecular flexibility index (Phi) is 2.76. The molecule has 3 rings (SSSR count). The Hall–Kier alpha value is -3.02. The van der Waals surface area contributed by atoms with Crippen LogP contribution in [0.1, 0.15) is 10.4 Å². The minimum absolute atomic E-state index is 0.248. The molecule has 3 aromatic heterocycles. The van der Waals surface area contributed by atoms with Crippen LogP contribution in [0, 0.1) is 0 Å². The van der Waals surface area contributed by atoms with Crippen molar-refractivity contribution in [3.8, 4) is 5.82 Å². The molecule has 3 aromatic rings. The fourth-order valence-corrected chi connectivity index (χ4v) is 1.98. The number of carboxylic acids is 1. The Bertz CT molecular complexity index is 856. The van der Waals surface area contributed by atoms with Gasteiger partial charge in [0.05, 0.1) is 5.39 Å². The highest BCUT2D eigenvalue weighted by Gasteiger charge is 2.15. The monoisotopic (exact) mass is 267 g/mol. The molecule has 0 spiro atoms. The van der Waals surface area contributed by atoms with Crippen molar-refractivity contribution in [1.29, 1.82) is 0 Å². The minimum Gasteiger partial charge on any atom is -0.477 e. The van der Waals surface area contributed by atoms with Gasteiger partial charge in [0.15, 0.2) is 0 Å². The van der Waals surface area contributed by atoms with E-state index in [-0.39, 0.29) is 10.9 Å². The van der Waals surface area contributed by atoms with Crippen molar-refractivity contribution in [2.24, 2.45) is 0 Å². The molecule has 0 radical (unpaired) electrons. The standard InChI is InChI=1S/C14H9N3O3/c18-12-9-4-3-7-16-13(9)17(8-10(12)14(19)20)11-5-1-2-6-15-11/h1-8H,(H,19,20). The van der Waals surface area contributed by atoms with Crippen LogP contribution < -0.4 is 5.43 Å². The highest BCUT2D eigenvalue weighted by Crippen LogP contribution is 2.13. The number of fused-ring (bicyclic) bond motifs is 1. The van der Waals surface area contributed by atoms with E-state index in [0.29, 0.717) is 11.5 Å². The fraction of sp³-hybridized carbons (Fsp3) is 0. The van der Waals surface area contributed by atoms with Crippen molar-refractivity contribution in [3.05, 3.63) is 64.7 Å². The lowest BCUT2D eigenvalue weighted by Crippen LogP contribution is -2.19. The third kappa shape index (κ3) is 1.83. The van der Waals surface area contributed by atoms with Gasteiger partial charge in [-0.3, -0.25) is 9.36 Å².